The lowest BCUT2D eigenvalue weighted by atomic mass is 9.67. The van der Waals surface area contributed by atoms with Gasteiger partial charge in [0, 0.05) is 8.95 Å². The van der Waals surface area contributed by atoms with Gasteiger partial charge in [0.1, 0.15) is 13.2 Å². The van der Waals surface area contributed by atoms with E-state index < -0.39 is 5.41 Å². The highest BCUT2D eigenvalue weighted by molar-refractivity contribution is 9.10. The lowest BCUT2D eigenvalue weighted by molar-refractivity contribution is -0.131. The molecule has 0 atom stereocenters. The standard InChI is InChI=1S/C29H20Br2O6/c30-21-4-6-23-24-7-5-22(31)12-26(24)29(25(23)11-21,20-3-8-27(34)28(35)10-20)19-2-1-17(13-36-15-32)18(9-19)14-37-16-33/h1-12,15-16,34-35H,13-14H2. The van der Waals surface area contributed by atoms with Crippen molar-refractivity contribution < 1.29 is 29.3 Å². The minimum atomic E-state index is -0.899. The molecular weight excluding hydrogens is 604 g/mol. The number of carbonyl (C=O) groups is 2. The second kappa shape index (κ2) is 10.0. The van der Waals surface area contributed by atoms with Gasteiger partial charge in [0.15, 0.2) is 11.5 Å². The predicted octanol–water partition coefficient (Wildman–Crippen LogP) is 6.33. The number of aromatic hydroxyl groups is 2. The van der Waals surface area contributed by atoms with Crippen LogP contribution in [0.2, 0.25) is 0 Å². The fourth-order valence-electron chi connectivity index (χ4n) is 5.20. The molecule has 0 saturated heterocycles. The number of hydrogen-bond donors (Lipinski definition) is 2. The Labute approximate surface area is 229 Å². The van der Waals surface area contributed by atoms with Gasteiger partial charge in [-0.1, -0.05) is 68.3 Å². The zero-order valence-corrected chi connectivity index (χ0v) is 22.5. The molecule has 4 aromatic rings. The van der Waals surface area contributed by atoms with E-state index in [2.05, 4.69) is 56.1 Å². The van der Waals surface area contributed by atoms with Crippen molar-refractivity contribution in [3.05, 3.63) is 115 Å². The van der Waals surface area contributed by atoms with E-state index in [1.54, 1.807) is 12.1 Å². The number of hydrogen-bond acceptors (Lipinski definition) is 6. The van der Waals surface area contributed by atoms with Crippen LogP contribution in [0, 0.1) is 0 Å². The average Bonchev–Trinajstić information content (AvgIpc) is 3.17. The SMILES string of the molecule is O=COCc1ccc(C2(c3ccc(O)c(O)c3)c3cc(Br)ccc3-c3ccc(Br)cc32)cc1COC=O. The third-order valence-corrected chi connectivity index (χ3v) is 7.71. The van der Waals surface area contributed by atoms with Crippen molar-refractivity contribution in [1.82, 2.24) is 0 Å². The summed E-state index contributed by atoms with van der Waals surface area (Å²) >= 11 is 7.26. The first kappa shape index (κ1) is 25.0. The number of halogens is 2. The maximum atomic E-state index is 11.0. The molecule has 0 fully saturated rings. The van der Waals surface area contributed by atoms with Gasteiger partial charge in [0.2, 0.25) is 0 Å². The van der Waals surface area contributed by atoms with Gasteiger partial charge < -0.3 is 19.7 Å². The monoisotopic (exact) mass is 622 g/mol. The van der Waals surface area contributed by atoms with Gasteiger partial charge in [-0.3, -0.25) is 9.59 Å². The number of fused-ring (bicyclic) bond motifs is 3. The van der Waals surface area contributed by atoms with Crippen molar-refractivity contribution in [3.8, 4) is 22.6 Å². The number of carbonyl (C=O) groups excluding carboxylic acids is 2. The highest BCUT2D eigenvalue weighted by Gasteiger charge is 2.47. The van der Waals surface area contributed by atoms with Gasteiger partial charge in [0.25, 0.3) is 12.9 Å². The van der Waals surface area contributed by atoms with Crippen LogP contribution in [0.25, 0.3) is 11.1 Å². The van der Waals surface area contributed by atoms with E-state index in [-0.39, 0.29) is 24.7 Å². The van der Waals surface area contributed by atoms with Crippen LogP contribution >= 0.6 is 31.9 Å². The maximum Gasteiger partial charge on any atom is 0.293 e. The Balaban J connectivity index is 1.89. The van der Waals surface area contributed by atoms with Crippen LogP contribution in [0.15, 0.2) is 81.7 Å². The summed E-state index contributed by atoms with van der Waals surface area (Å²) in [6.07, 6.45) is 0. The van der Waals surface area contributed by atoms with E-state index in [1.807, 2.05) is 30.3 Å². The molecule has 186 valence electrons. The Kier molecular flexibility index (Phi) is 6.79. The first-order valence-electron chi connectivity index (χ1n) is 11.3. The van der Waals surface area contributed by atoms with Crippen LogP contribution in [0.5, 0.6) is 11.5 Å². The van der Waals surface area contributed by atoms with Gasteiger partial charge in [-0.05, 0) is 80.9 Å². The normalized spacial score (nSPS) is 12.9. The molecule has 37 heavy (non-hydrogen) atoms. The molecular formula is C29H20Br2O6. The van der Waals surface area contributed by atoms with Crippen LogP contribution in [-0.4, -0.2) is 23.2 Å². The van der Waals surface area contributed by atoms with E-state index in [9.17, 15) is 19.8 Å². The molecule has 8 heteroatoms. The number of rotatable bonds is 8. The van der Waals surface area contributed by atoms with Crippen molar-refractivity contribution in [2.45, 2.75) is 18.6 Å². The van der Waals surface area contributed by atoms with E-state index in [4.69, 9.17) is 9.47 Å². The zero-order valence-electron chi connectivity index (χ0n) is 19.3. The Morgan fingerprint density at radius 2 is 1.19 bits per heavy atom. The van der Waals surface area contributed by atoms with E-state index in [0.29, 0.717) is 24.1 Å². The van der Waals surface area contributed by atoms with Crippen molar-refractivity contribution in [3.63, 3.8) is 0 Å². The first-order chi connectivity index (χ1) is 17.9. The third kappa shape index (κ3) is 4.20. The van der Waals surface area contributed by atoms with Gasteiger partial charge in [-0.25, -0.2) is 0 Å². The van der Waals surface area contributed by atoms with Gasteiger partial charge in [-0.15, -0.1) is 0 Å². The number of ether oxygens (including phenoxy) is 2. The Morgan fingerprint density at radius 3 is 1.76 bits per heavy atom. The fraction of sp³-hybridized carbons (Fsp3) is 0.103. The summed E-state index contributed by atoms with van der Waals surface area (Å²) in [4.78, 5) is 21.9. The van der Waals surface area contributed by atoms with Crippen LogP contribution in [0.4, 0.5) is 0 Å². The topological polar surface area (TPSA) is 93.1 Å². The third-order valence-electron chi connectivity index (χ3n) is 6.72. The highest BCUT2D eigenvalue weighted by Crippen LogP contribution is 2.57. The Hall–Kier alpha value is -3.62. The first-order valence-corrected chi connectivity index (χ1v) is 12.8. The van der Waals surface area contributed by atoms with Crippen molar-refractivity contribution >= 4 is 44.8 Å². The number of benzene rings is 4. The predicted molar refractivity (Wildman–Crippen MR) is 144 cm³/mol. The molecule has 5 rings (SSSR count). The fourth-order valence-corrected chi connectivity index (χ4v) is 5.92. The molecule has 1 aliphatic carbocycles. The summed E-state index contributed by atoms with van der Waals surface area (Å²) in [7, 11) is 0. The molecule has 0 heterocycles. The summed E-state index contributed by atoms with van der Waals surface area (Å²) in [5.74, 6) is -0.459. The van der Waals surface area contributed by atoms with Crippen molar-refractivity contribution in [1.29, 1.82) is 0 Å². The van der Waals surface area contributed by atoms with Crippen LogP contribution in [0.1, 0.15) is 33.4 Å². The van der Waals surface area contributed by atoms with Crippen molar-refractivity contribution in [2.75, 3.05) is 0 Å². The second-order valence-corrected chi connectivity index (χ2v) is 10.5. The van der Waals surface area contributed by atoms with Gasteiger partial charge in [0.05, 0.1) is 5.41 Å². The second-order valence-electron chi connectivity index (χ2n) is 8.63. The van der Waals surface area contributed by atoms with Gasteiger partial charge >= 0.3 is 0 Å². The number of phenolic OH excluding ortho intramolecular Hbond substituents is 2. The molecule has 0 radical (unpaired) electrons. The van der Waals surface area contributed by atoms with Crippen LogP contribution < -0.4 is 0 Å². The lowest BCUT2D eigenvalue weighted by Crippen LogP contribution is -2.29. The smallest absolute Gasteiger partial charge is 0.293 e. The molecule has 4 aromatic carbocycles. The summed E-state index contributed by atoms with van der Waals surface area (Å²) in [5, 5.41) is 20.7. The molecule has 0 unspecified atom stereocenters. The quantitative estimate of drug-likeness (QED) is 0.155. The number of phenols is 2. The molecule has 0 aromatic heterocycles. The Morgan fingerprint density at radius 1 is 0.649 bits per heavy atom. The van der Waals surface area contributed by atoms with E-state index in [1.165, 1.54) is 6.07 Å². The highest BCUT2D eigenvalue weighted by atomic mass is 79.9. The minimum Gasteiger partial charge on any atom is -0.504 e. The molecule has 0 aliphatic heterocycles. The molecule has 0 spiro atoms. The van der Waals surface area contributed by atoms with Gasteiger partial charge in [-0.2, -0.15) is 0 Å². The van der Waals surface area contributed by atoms with E-state index in [0.717, 1.165) is 42.3 Å². The van der Waals surface area contributed by atoms with Crippen LogP contribution in [-0.2, 0) is 37.7 Å². The summed E-state index contributed by atoms with van der Waals surface area (Å²) < 4.78 is 11.8. The summed E-state index contributed by atoms with van der Waals surface area (Å²) in [6.45, 7) is 0.762. The molecule has 1 aliphatic rings. The maximum absolute atomic E-state index is 11.0. The van der Waals surface area contributed by atoms with E-state index >= 15 is 0 Å². The van der Waals surface area contributed by atoms with Crippen molar-refractivity contribution in [2.24, 2.45) is 0 Å². The molecule has 0 bridgehead atoms. The molecule has 6 nitrogen and oxygen atoms in total. The molecule has 0 saturated carbocycles. The molecule has 2 N–H and O–H groups in total. The average molecular weight is 624 g/mol. The molecule has 0 amide bonds. The van der Waals surface area contributed by atoms with Crippen LogP contribution in [0.3, 0.4) is 0 Å². The zero-order chi connectivity index (χ0) is 26.2. The largest absolute Gasteiger partial charge is 0.504 e. The summed E-state index contributed by atoms with van der Waals surface area (Å²) in [6, 6.07) is 22.7. The Bertz CT molecular complexity index is 1480. The minimum absolute atomic E-state index is 0.0114. The summed E-state index contributed by atoms with van der Waals surface area (Å²) in [5.41, 5.74) is 6.04. The lowest BCUT2D eigenvalue weighted by Gasteiger charge is -2.34.